The minimum atomic E-state index is -0.645. The summed E-state index contributed by atoms with van der Waals surface area (Å²) in [5, 5.41) is 28.6. The van der Waals surface area contributed by atoms with E-state index in [1.807, 2.05) is 0 Å². The SMILES string of the molecule is COc1cc([N+](=O)[O-])c(CO)cc1O. The highest BCUT2D eigenvalue weighted by molar-refractivity contribution is 5.53. The normalized spacial score (nSPS) is 9.86. The van der Waals surface area contributed by atoms with Crippen molar-refractivity contribution in [2.45, 2.75) is 6.61 Å². The van der Waals surface area contributed by atoms with Gasteiger partial charge in [0.05, 0.1) is 30.3 Å². The Morgan fingerprint density at radius 2 is 2.21 bits per heavy atom. The van der Waals surface area contributed by atoms with Crippen molar-refractivity contribution >= 4 is 5.69 Å². The van der Waals surface area contributed by atoms with Crippen LogP contribution in [-0.2, 0) is 6.61 Å². The van der Waals surface area contributed by atoms with Crippen LogP contribution in [0, 0.1) is 10.1 Å². The fourth-order valence-corrected chi connectivity index (χ4v) is 1.06. The van der Waals surface area contributed by atoms with Gasteiger partial charge in [0.2, 0.25) is 0 Å². The van der Waals surface area contributed by atoms with E-state index in [2.05, 4.69) is 0 Å². The first kappa shape index (κ1) is 10.3. The average Bonchev–Trinajstić information content (AvgIpc) is 2.16. The molecule has 0 bridgehead atoms. The van der Waals surface area contributed by atoms with Crippen molar-refractivity contribution in [3.8, 4) is 11.5 Å². The number of nitro groups is 1. The third-order valence-corrected chi connectivity index (χ3v) is 1.75. The van der Waals surface area contributed by atoms with Gasteiger partial charge < -0.3 is 14.9 Å². The van der Waals surface area contributed by atoms with Crippen LogP contribution in [0.3, 0.4) is 0 Å². The molecule has 0 saturated heterocycles. The molecule has 0 fully saturated rings. The summed E-state index contributed by atoms with van der Waals surface area (Å²) in [4.78, 5) is 9.87. The van der Waals surface area contributed by atoms with E-state index in [-0.39, 0.29) is 22.7 Å². The molecule has 0 heterocycles. The van der Waals surface area contributed by atoms with Gasteiger partial charge >= 0.3 is 0 Å². The number of aliphatic hydroxyl groups is 1. The number of aromatic hydroxyl groups is 1. The summed E-state index contributed by atoms with van der Waals surface area (Å²) in [7, 11) is 1.29. The summed E-state index contributed by atoms with van der Waals surface area (Å²) in [6.07, 6.45) is 0. The van der Waals surface area contributed by atoms with Crippen molar-refractivity contribution in [1.29, 1.82) is 0 Å². The van der Waals surface area contributed by atoms with Crippen molar-refractivity contribution in [2.75, 3.05) is 7.11 Å². The summed E-state index contributed by atoms with van der Waals surface area (Å²) in [6, 6.07) is 2.18. The number of nitro benzene ring substituents is 1. The van der Waals surface area contributed by atoms with Crippen LogP contribution >= 0.6 is 0 Å². The van der Waals surface area contributed by atoms with E-state index in [0.717, 1.165) is 12.1 Å². The molecule has 76 valence electrons. The zero-order chi connectivity index (χ0) is 10.7. The Balaban J connectivity index is 3.32. The molecule has 0 spiro atoms. The van der Waals surface area contributed by atoms with E-state index in [1.165, 1.54) is 7.11 Å². The summed E-state index contributed by atoms with van der Waals surface area (Å²) in [5.41, 5.74) is -0.226. The molecular formula is C8H9NO5. The molecular weight excluding hydrogens is 190 g/mol. The highest BCUT2D eigenvalue weighted by atomic mass is 16.6. The topological polar surface area (TPSA) is 92.8 Å². The lowest BCUT2D eigenvalue weighted by Crippen LogP contribution is -1.96. The van der Waals surface area contributed by atoms with Gasteiger partial charge in [-0.1, -0.05) is 0 Å². The van der Waals surface area contributed by atoms with Gasteiger partial charge in [0.25, 0.3) is 5.69 Å². The molecule has 14 heavy (non-hydrogen) atoms. The number of hydrogen-bond acceptors (Lipinski definition) is 5. The molecule has 1 rings (SSSR count). The molecule has 0 aliphatic rings. The predicted octanol–water partition coefficient (Wildman–Crippen LogP) is 0.801. The predicted molar refractivity (Wildman–Crippen MR) is 47.2 cm³/mol. The molecule has 2 N–H and O–H groups in total. The van der Waals surface area contributed by atoms with Gasteiger partial charge in [0.1, 0.15) is 0 Å². The molecule has 0 aromatic heterocycles. The molecule has 0 amide bonds. The maximum atomic E-state index is 10.5. The van der Waals surface area contributed by atoms with Crippen molar-refractivity contribution in [2.24, 2.45) is 0 Å². The van der Waals surface area contributed by atoms with Crippen LogP contribution < -0.4 is 4.74 Å². The Labute approximate surface area is 79.5 Å². The molecule has 0 aliphatic carbocycles. The van der Waals surface area contributed by atoms with Crippen molar-refractivity contribution in [3.05, 3.63) is 27.8 Å². The summed E-state index contributed by atoms with van der Waals surface area (Å²) in [6.45, 7) is -0.506. The first-order valence-electron chi connectivity index (χ1n) is 3.75. The minimum absolute atomic E-state index is 0.00824. The number of hydrogen-bond donors (Lipinski definition) is 2. The highest BCUT2D eigenvalue weighted by Gasteiger charge is 2.17. The van der Waals surface area contributed by atoms with Crippen LogP contribution in [0.15, 0.2) is 12.1 Å². The number of benzene rings is 1. The second-order valence-electron chi connectivity index (χ2n) is 2.57. The summed E-state index contributed by atoms with van der Waals surface area (Å²) in [5.74, 6) is -0.226. The Morgan fingerprint density at radius 3 is 2.64 bits per heavy atom. The monoisotopic (exact) mass is 199 g/mol. The second kappa shape index (κ2) is 3.93. The molecule has 0 saturated carbocycles. The number of aliphatic hydroxyl groups excluding tert-OH is 1. The Kier molecular flexibility index (Phi) is 2.88. The Hall–Kier alpha value is -1.82. The number of nitrogens with zero attached hydrogens (tertiary/aromatic N) is 1. The van der Waals surface area contributed by atoms with Gasteiger partial charge in [-0.3, -0.25) is 10.1 Å². The van der Waals surface area contributed by atoms with E-state index in [1.54, 1.807) is 0 Å². The Morgan fingerprint density at radius 1 is 1.57 bits per heavy atom. The lowest BCUT2D eigenvalue weighted by molar-refractivity contribution is -0.385. The van der Waals surface area contributed by atoms with Gasteiger partial charge in [-0.2, -0.15) is 0 Å². The quantitative estimate of drug-likeness (QED) is 0.554. The second-order valence-corrected chi connectivity index (χ2v) is 2.57. The third-order valence-electron chi connectivity index (χ3n) is 1.75. The standard InChI is InChI=1S/C8H9NO5/c1-14-8-3-6(9(12)13)5(4-10)2-7(8)11/h2-3,10-11H,4H2,1H3. The van der Waals surface area contributed by atoms with Gasteiger partial charge in [-0.15, -0.1) is 0 Å². The fourth-order valence-electron chi connectivity index (χ4n) is 1.06. The molecule has 1 aromatic carbocycles. The van der Waals surface area contributed by atoms with Crippen LogP contribution in [0.2, 0.25) is 0 Å². The maximum absolute atomic E-state index is 10.5. The fraction of sp³-hybridized carbons (Fsp3) is 0.250. The zero-order valence-electron chi connectivity index (χ0n) is 7.43. The molecule has 0 radical (unpaired) electrons. The number of methoxy groups -OCH3 is 1. The molecule has 1 aromatic rings. The maximum Gasteiger partial charge on any atom is 0.278 e. The van der Waals surface area contributed by atoms with Crippen molar-refractivity contribution in [1.82, 2.24) is 0 Å². The average molecular weight is 199 g/mol. The Bertz CT molecular complexity index is 363. The van der Waals surface area contributed by atoms with E-state index < -0.39 is 11.5 Å². The van der Waals surface area contributed by atoms with E-state index >= 15 is 0 Å². The van der Waals surface area contributed by atoms with E-state index in [9.17, 15) is 15.2 Å². The van der Waals surface area contributed by atoms with E-state index in [0.29, 0.717) is 0 Å². The number of rotatable bonds is 3. The van der Waals surface area contributed by atoms with Crippen LogP contribution in [0.1, 0.15) is 5.56 Å². The van der Waals surface area contributed by atoms with Crippen LogP contribution in [-0.4, -0.2) is 22.2 Å². The lowest BCUT2D eigenvalue weighted by atomic mass is 10.1. The van der Waals surface area contributed by atoms with Gasteiger partial charge in [0, 0.05) is 0 Å². The van der Waals surface area contributed by atoms with Crippen molar-refractivity contribution < 1.29 is 19.9 Å². The molecule has 0 atom stereocenters. The van der Waals surface area contributed by atoms with Crippen LogP contribution in [0.4, 0.5) is 5.69 Å². The van der Waals surface area contributed by atoms with Crippen LogP contribution in [0.25, 0.3) is 0 Å². The first-order chi connectivity index (χ1) is 6.60. The van der Waals surface area contributed by atoms with E-state index in [4.69, 9.17) is 9.84 Å². The molecule has 0 aliphatic heterocycles. The zero-order valence-corrected chi connectivity index (χ0v) is 7.43. The largest absolute Gasteiger partial charge is 0.504 e. The summed E-state index contributed by atoms with van der Waals surface area (Å²) >= 11 is 0. The molecule has 6 nitrogen and oxygen atoms in total. The number of phenols is 1. The van der Waals surface area contributed by atoms with Gasteiger partial charge in [-0.25, -0.2) is 0 Å². The van der Waals surface area contributed by atoms with Crippen LogP contribution in [0.5, 0.6) is 11.5 Å². The minimum Gasteiger partial charge on any atom is -0.504 e. The molecule has 6 heteroatoms. The van der Waals surface area contributed by atoms with Gasteiger partial charge in [-0.05, 0) is 6.07 Å². The highest BCUT2D eigenvalue weighted by Crippen LogP contribution is 2.33. The summed E-state index contributed by atoms with van der Waals surface area (Å²) < 4.78 is 4.70. The smallest absolute Gasteiger partial charge is 0.278 e. The first-order valence-corrected chi connectivity index (χ1v) is 3.75. The number of ether oxygens (including phenoxy) is 1. The van der Waals surface area contributed by atoms with Crippen molar-refractivity contribution in [3.63, 3.8) is 0 Å². The molecule has 0 unspecified atom stereocenters. The van der Waals surface area contributed by atoms with Gasteiger partial charge in [0.15, 0.2) is 11.5 Å². The number of phenolic OH excluding ortho intramolecular Hbond substituents is 1. The lowest BCUT2D eigenvalue weighted by Gasteiger charge is -2.05. The third kappa shape index (κ3) is 1.74.